The molecule has 0 N–H and O–H groups in total. The molecular formula is C7H13FO. The second-order valence-corrected chi connectivity index (χ2v) is 3.13. The molecule has 54 valence electrons. The van der Waals surface area contributed by atoms with E-state index in [9.17, 15) is 4.53 Å². The number of hydrogen-bond donors (Lipinski definition) is 0. The van der Waals surface area contributed by atoms with Crippen LogP contribution in [0.25, 0.3) is 0 Å². The van der Waals surface area contributed by atoms with E-state index in [2.05, 4.69) is 11.9 Å². The molecule has 1 fully saturated rings. The van der Waals surface area contributed by atoms with Crippen molar-refractivity contribution in [1.82, 2.24) is 0 Å². The summed E-state index contributed by atoms with van der Waals surface area (Å²) in [5.41, 5.74) is 0. The second-order valence-electron chi connectivity index (χ2n) is 3.13. The molecule has 2 heteroatoms. The molecule has 1 atom stereocenters. The summed E-state index contributed by atoms with van der Waals surface area (Å²) in [6.07, 6.45) is 2.08. The number of rotatable bonds is 2. The van der Waals surface area contributed by atoms with E-state index >= 15 is 0 Å². The van der Waals surface area contributed by atoms with Crippen LogP contribution in [0.5, 0.6) is 0 Å². The maximum atomic E-state index is 11.5. The van der Waals surface area contributed by atoms with Gasteiger partial charge in [-0.2, -0.15) is 4.94 Å². The van der Waals surface area contributed by atoms with Crippen LogP contribution in [0.15, 0.2) is 0 Å². The van der Waals surface area contributed by atoms with Gasteiger partial charge in [0.05, 0.1) is 6.10 Å². The standard InChI is InChI=1S/C7H13FO/c1-5-3-7(4-5)6(2)9-8/h5-7H,3-4H2,1-2H3. The fraction of sp³-hybridized carbons (Fsp3) is 1.00. The van der Waals surface area contributed by atoms with E-state index < -0.39 is 0 Å². The van der Waals surface area contributed by atoms with Crippen molar-refractivity contribution in [3.63, 3.8) is 0 Å². The SMILES string of the molecule is CC1CC(C(C)OF)C1. The predicted octanol–water partition coefficient (Wildman–Crippen LogP) is 2.32. The first-order chi connectivity index (χ1) is 4.24. The largest absolute Gasteiger partial charge is 0.191 e. The monoisotopic (exact) mass is 132 g/mol. The van der Waals surface area contributed by atoms with Gasteiger partial charge in [-0.05, 0) is 36.1 Å². The summed E-state index contributed by atoms with van der Waals surface area (Å²) in [4.78, 5) is 3.70. The summed E-state index contributed by atoms with van der Waals surface area (Å²) in [7, 11) is 0. The van der Waals surface area contributed by atoms with Crippen LogP contribution >= 0.6 is 0 Å². The van der Waals surface area contributed by atoms with E-state index in [1.807, 2.05) is 0 Å². The van der Waals surface area contributed by atoms with Crippen LogP contribution in [0, 0.1) is 11.8 Å². The minimum absolute atomic E-state index is 0.179. The first-order valence-corrected chi connectivity index (χ1v) is 3.51. The Morgan fingerprint density at radius 3 is 2.44 bits per heavy atom. The van der Waals surface area contributed by atoms with Crippen LogP contribution in [0.2, 0.25) is 0 Å². The third-order valence-corrected chi connectivity index (χ3v) is 2.21. The van der Waals surface area contributed by atoms with Gasteiger partial charge in [-0.1, -0.05) is 6.92 Å². The van der Waals surface area contributed by atoms with Crippen molar-refractivity contribution in [3.05, 3.63) is 0 Å². The van der Waals surface area contributed by atoms with E-state index in [1.54, 1.807) is 6.92 Å². The van der Waals surface area contributed by atoms with Gasteiger partial charge in [0.2, 0.25) is 0 Å². The van der Waals surface area contributed by atoms with Gasteiger partial charge >= 0.3 is 0 Å². The summed E-state index contributed by atoms with van der Waals surface area (Å²) in [6, 6.07) is 0. The van der Waals surface area contributed by atoms with Crippen molar-refractivity contribution < 1.29 is 9.47 Å². The fourth-order valence-corrected chi connectivity index (χ4v) is 1.42. The molecule has 0 aromatic rings. The quantitative estimate of drug-likeness (QED) is 0.560. The van der Waals surface area contributed by atoms with Crippen LogP contribution in [-0.2, 0) is 4.94 Å². The molecule has 0 aliphatic heterocycles. The zero-order valence-electron chi connectivity index (χ0n) is 5.93. The summed E-state index contributed by atoms with van der Waals surface area (Å²) in [5, 5.41) is 0. The van der Waals surface area contributed by atoms with Crippen molar-refractivity contribution >= 4 is 0 Å². The van der Waals surface area contributed by atoms with Gasteiger partial charge in [0.15, 0.2) is 0 Å². The van der Waals surface area contributed by atoms with Crippen LogP contribution in [0.3, 0.4) is 0 Å². The van der Waals surface area contributed by atoms with Gasteiger partial charge in [-0.3, -0.25) is 0 Å². The minimum Gasteiger partial charge on any atom is -0.191 e. The number of hydrogen-bond acceptors (Lipinski definition) is 1. The Labute approximate surface area is 55.1 Å². The summed E-state index contributed by atoms with van der Waals surface area (Å²) in [5.74, 6) is 1.26. The molecule has 0 bridgehead atoms. The fourth-order valence-electron chi connectivity index (χ4n) is 1.42. The van der Waals surface area contributed by atoms with Crippen LogP contribution < -0.4 is 0 Å². The highest BCUT2D eigenvalue weighted by Crippen LogP contribution is 2.36. The lowest BCUT2D eigenvalue weighted by molar-refractivity contribution is -0.201. The molecule has 0 aromatic carbocycles. The highest BCUT2D eigenvalue weighted by Gasteiger charge is 2.30. The van der Waals surface area contributed by atoms with Crippen molar-refractivity contribution in [3.8, 4) is 0 Å². The molecule has 0 saturated heterocycles. The predicted molar refractivity (Wildman–Crippen MR) is 33.5 cm³/mol. The van der Waals surface area contributed by atoms with E-state index in [1.165, 1.54) is 0 Å². The molecule has 0 spiro atoms. The van der Waals surface area contributed by atoms with Gasteiger partial charge in [0, 0.05) is 0 Å². The molecule has 0 radical (unpaired) electrons. The van der Waals surface area contributed by atoms with Gasteiger partial charge in [0.25, 0.3) is 0 Å². The van der Waals surface area contributed by atoms with Crippen LogP contribution in [0.1, 0.15) is 26.7 Å². The Hall–Kier alpha value is -0.110. The molecular weight excluding hydrogens is 119 g/mol. The third-order valence-electron chi connectivity index (χ3n) is 2.21. The lowest BCUT2D eigenvalue weighted by Gasteiger charge is -2.34. The lowest BCUT2D eigenvalue weighted by atomic mass is 9.73. The second kappa shape index (κ2) is 2.65. The molecule has 0 heterocycles. The Balaban J connectivity index is 2.15. The molecule has 1 nitrogen and oxygen atoms in total. The number of halogens is 1. The van der Waals surface area contributed by atoms with Gasteiger partial charge < -0.3 is 0 Å². The molecule has 0 aromatic heterocycles. The molecule has 1 aliphatic rings. The van der Waals surface area contributed by atoms with E-state index in [0.29, 0.717) is 5.92 Å². The van der Waals surface area contributed by atoms with Crippen molar-refractivity contribution in [2.45, 2.75) is 32.8 Å². The molecule has 9 heavy (non-hydrogen) atoms. The molecule has 1 saturated carbocycles. The van der Waals surface area contributed by atoms with Crippen molar-refractivity contribution in [2.24, 2.45) is 11.8 Å². The van der Waals surface area contributed by atoms with Crippen LogP contribution in [0.4, 0.5) is 4.53 Å². The van der Waals surface area contributed by atoms with Crippen molar-refractivity contribution in [1.29, 1.82) is 0 Å². The van der Waals surface area contributed by atoms with E-state index in [0.717, 1.165) is 18.8 Å². The average Bonchev–Trinajstić information content (AvgIpc) is 1.79. The zero-order valence-corrected chi connectivity index (χ0v) is 5.93. The first-order valence-electron chi connectivity index (χ1n) is 3.51. The molecule has 1 unspecified atom stereocenters. The molecule has 0 amide bonds. The van der Waals surface area contributed by atoms with Gasteiger partial charge in [-0.25, -0.2) is 0 Å². The third kappa shape index (κ3) is 1.42. The highest BCUT2D eigenvalue weighted by molar-refractivity contribution is 4.79. The smallest absolute Gasteiger partial charge is 0.0983 e. The normalized spacial score (nSPS) is 37.7. The Morgan fingerprint density at radius 1 is 1.56 bits per heavy atom. The van der Waals surface area contributed by atoms with Crippen molar-refractivity contribution in [2.75, 3.05) is 0 Å². The first kappa shape index (κ1) is 7.00. The summed E-state index contributed by atoms with van der Waals surface area (Å²) in [6.45, 7) is 3.97. The van der Waals surface area contributed by atoms with Gasteiger partial charge in [0.1, 0.15) is 0 Å². The van der Waals surface area contributed by atoms with E-state index in [-0.39, 0.29) is 6.10 Å². The Morgan fingerprint density at radius 2 is 2.11 bits per heavy atom. The van der Waals surface area contributed by atoms with E-state index in [4.69, 9.17) is 0 Å². The highest BCUT2D eigenvalue weighted by atomic mass is 19.3. The molecule has 1 aliphatic carbocycles. The zero-order chi connectivity index (χ0) is 6.85. The van der Waals surface area contributed by atoms with Gasteiger partial charge in [-0.15, -0.1) is 0 Å². The minimum atomic E-state index is -0.179. The maximum absolute atomic E-state index is 11.5. The topological polar surface area (TPSA) is 9.23 Å². The summed E-state index contributed by atoms with van der Waals surface area (Å²) >= 11 is 0. The average molecular weight is 132 g/mol. The summed E-state index contributed by atoms with van der Waals surface area (Å²) < 4.78 is 11.5. The maximum Gasteiger partial charge on any atom is 0.0983 e. The van der Waals surface area contributed by atoms with Crippen LogP contribution in [-0.4, -0.2) is 6.10 Å². The Bertz CT molecular complexity index is 88.9. The lowest BCUT2D eigenvalue weighted by Crippen LogP contribution is -2.30. The Kier molecular flexibility index (Phi) is 2.06. The molecule has 1 rings (SSSR count).